The van der Waals surface area contributed by atoms with Crippen molar-refractivity contribution in [1.29, 1.82) is 0 Å². The second-order valence-corrected chi connectivity index (χ2v) is 30.4. The first kappa shape index (κ1) is 99.5. The van der Waals surface area contributed by atoms with E-state index in [1.807, 2.05) is 0 Å². The maximum Gasteiger partial charge on any atom is 0.397 e. The van der Waals surface area contributed by atoms with Crippen LogP contribution in [0.4, 0.5) is 0 Å². The number of ether oxygens (including phenoxy) is 12. The Balaban J connectivity index is 1.00. The lowest BCUT2D eigenvalue weighted by atomic mass is 9.95. The SMILES string of the molecule is CC(=O)N[C@@H]1[C@@H](O[C@@H]2O[C@H](C(=O)O)[C@@H](OO[C@H]3O[C@H](CO)[C@H](OS(=O)(=O)O)[C@H](O[C@@H]4O[C@H](C(=O)O)[C@@H](OO[C@H]5O[C@H](CO)[C@H](O)[C@H](O[C@@H]6O[C@H](C(=O)O)[C@@H](OO[C@H]7O[C@H](COS(=O)(=O)O)[C@H](O)[C@H](O[C@@H]8O[C@H](C(=O)O)[C@@H](O)[C@H](O)[C@H]8O)[C@H]7NC(C)=O)[C@H](O)[C@H]6O)[C@H]5NC(C)=O)[C@H](O)[C@H]4O)[C@H]3NC(C)=O)[C@H](O)[C@H]2O)[C@@H](O)[C@@H](COS(=O)(=O)O)O[C@@H]1O. The summed E-state index contributed by atoms with van der Waals surface area (Å²) in [5.74, 6) is -13.0. The van der Waals surface area contributed by atoms with Crippen molar-refractivity contribution in [2.45, 2.75) is 273 Å². The minimum absolute atomic E-state index is 0.714. The van der Waals surface area contributed by atoms with Gasteiger partial charge in [0, 0.05) is 27.7 Å². The molecule has 0 unspecified atom stereocenters. The lowest BCUT2D eigenvalue weighted by Gasteiger charge is -2.48. The van der Waals surface area contributed by atoms with Crippen LogP contribution in [0.1, 0.15) is 27.7 Å². The molecule has 8 saturated heterocycles. The van der Waals surface area contributed by atoms with Gasteiger partial charge in [0.15, 0.2) is 74.2 Å². The zero-order valence-corrected chi connectivity index (χ0v) is 63.7. The molecule has 0 saturated carbocycles. The fourth-order valence-corrected chi connectivity index (χ4v) is 14.3. The van der Waals surface area contributed by atoms with Gasteiger partial charge in [0.2, 0.25) is 42.5 Å². The van der Waals surface area contributed by atoms with Gasteiger partial charge in [-0.2, -0.15) is 25.3 Å². The van der Waals surface area contributed by atoms with Crippen molar-refractivity contribution in [3.05, 3.63) is 0 Å². The van der Waals surface area contributed by atoms with Crippen LogP contribution in [0.2, 0.25) is 0 Å². The molecule has 0 aromatic rings. The van der Waals surface area contributed by atoms with E-state index in [1.54, 1.807) is 0 Å². The molecule has 64 heteroatoms. The normalized spacial score (nSPS) is 42.8. The predicted octanol–water partition coefficient (Wildman–Crippen LogP) is -18.2. The zero-order chi connectivity index (χ0) is 89.7. The highest BCUT2D eigenvalue weighted by Crippen LogP contribution is 2.39. The third-order valence-electron chi connectivity index (χ3n) is 18.6. The molecule has 40 atom stereocenters. The number of carbonyl (C=O) groups is 8. The summed E-state index contributed by atoms with van der Waals surface area (Å²) in [4.78, 5) is 133. The number of aliphatic hydroxyl groups is 15. The van der Waals surface area contributed by atoms with E-state index in [9.17, 15) is 170 Å². The van der Waals surface area contributed by atoms with Crippen molar-refractivity contribution in [3.63, 3.8) is 0 Å². The number of amides is 4. The summed E-state index contributed by atoms with van der Waals surface area (Å²) >= 11 is 0. The van der Waals surface area contributed by atoms with Crippen LogP contribution in [0, 0.1) is 0 Å². The Bertz CT molecular complexity index is 3880. The summed E-state index contributed by atoms with van der Waals surface area (Å²) in [6, 6.07) is -8.68. The van der Waals surface area contributed by atoms with Crippen LogP contribution in [0.15, 0.2) is 0 Å². The molecular weight excluding hydrogens is 1740 g/mol. The number of hydrogen-bond donors (Lipinski definition) is 26. The summed E-state index contributed by atoms with van der Waals surface area (Å²) in [5, 5.41) is 216. The summed E-state index contributed by atoms with van der Waals surface area (Å²) in [7, 11) is -16.6. The number of aliphatic hydroxyl groups excluding tert-OH is 15. The Hall–Kier alpha value is -5.95. The molecule has 8 aliphatic rings. The fraction of sp³-hybridized carbons (Fsp3) is 0.857. The summed E-state index contributed by atoms with van der Waals surface area (Å²) in [5.41, 5.74) is 0. The van der Waals surface area contributed by atoms with Crippen LogP contribution in [0.5, 0.6) is 0 Å². The van der Waals surface area contributed by atoms with Crippen LogP contribution in [0.3, 0.4) is 0 Å². The first-order chi connectivity index (χ1) is 55.8. The molecule has 8 fully saturated rings. The molecule has 690 valence electrons. The van der Waals surface area contributed by atoms with E-state index >= 15 is 0 Å². The van der Waals surface area contributed by atoms with Gasteiger partial charge in [-0.25, -0.2) is 61.1 Å². The number of carboxylic acids is 4. The molecule has 26 N–H and O–H groups in total. The Morgan fingerprint density at radius 3 is 0.900 bits per heavy atom. The molecule has 0 bridgehead atoms. The van der Waals surface area contributed by atoms with Crippen molar-refractivity contribution in [2.75, 3.05) is 26.4 Å². The van der Waals surface area contributed by atoms with Gasteiger partial charge in [0.1, 0.15) is 152 Å². The molecule has 8 rings (SSSR count). The molecule has 4 amide bonds. The first-order valence-electron chi connectivity index (χ1n) is 34.6. The van der Waals surface area contributed by atoms with Crippen LogP contribution >= 0.6 is 0 Å². The predicted molar refractivity (Wildman–Crippen MR) is 348 cm³/mol. The Morgan fingerprint density at radius 1 is 0.292 bits per heavy atom. The van der Waals surface area contributed by atoms with Crippen LogP contribution in [-0.2, 0) is 168 Å². The van der Waals surface area contributed by atoms with Crippen molar-refractivity contribution < 1.29 is 273 Å². The monoisotopic (exact) mass is 1820 g/mol. The van der Waals surface area contributed by atoms with Crippen LogP contribution in [-0.4, -0.2) is 455 Å². The van der Waals surface area contributed by atoms with E-state index in [-0.39, 0.29) is 0 Å². The second kappa shape index (κ2) is 41.4. The van der Waals surface area contributed by atoms with E-state index in [0.717, 1.165) is 20.8 Å². The Labute approximate surface area is 670 Å². The molecule has 0 aromatic heterocycles. The van der Waals surface area contributed by atoms with Gasteiger partial charge in [-0.05, 0) is 0 Å². The van der Waals surface area contributed by atoms with E-state index in [1.165, 1.54) is 0 Å². The third kappa shape index (κ3) is 24.4. The number of aliphatic carboxylic acids is 4. The second-order valence-electron chi connectivity index (χ2n) is 27.2. The summed E-state index contributed by atoms with van der Waals surface area (Å²) in [6.07, 6.45) is -89.8. The topological polar surface area (TPSA) is 926 Å². The number of nitrogens with one attached hydrogen (secondary N) is 4. The zero-order valence-electron chi connectivity index (χ0n) is 61.3. The van der Waals surface area contributed by atoms with Crippen molar-refractivity contribution in [3.8, 4) is 0 Å². The molecule has 120 heavy (non-hydrogen) atoms. The lowest BCUT2D eigenvalue weighted by molar-refractivity contribution is -0.466. The van der Waals surface area contributed by atoms with Gasteiger partial charge in [0.05, 0.1) is 26.4 Å². The van der Waals surface area contributed by atoms with Crippen molar-refractivity contribution in [2.24, 2.45) is 0 Å². The molecule has 61 nitrogen and oxygen atoms in total. The smallest absolute Gasteiger partial charge is 0.397 e. The molecular formula is C56H86N4O57S3. The Morgan fingerprint density at radius 2 is 0.575 bits per heavy atom. The lowest BCUT2D eigenvalue weighted by Crippen LogP contribution is -2.70. The molecule has 0 spiro atoms. The largest absolute Gasteiger partial charge is 0.479 e. The van der Waals surface area contributed by atoms with Gasteiger partial charge in [-0.3, -0.25) is 32.8 Å². The maximum atomic E-state index is 13.2. The summed E-state index contributed by atoms with van der Waals surface area (Å²) in [6.45, 7) is -2.40. The average Bonchev–Trinajstić information content (AvgIpc) is 0.768. The van der Waals surface area contributed by atoms with Gasteiger partial charge < -0.3 is 175 Å². The molecule has 8 aliphatic heterocycles. The number of rotatable bonds is 35. The minimum atomic E-state index is -5.87. The van der Waals surface area contributed by atoms with Crippen molar-refractivity contribution >= 4 is 78.7 Å². The highest BCUT2D eigenvalue weighted by atomic mass is 32.3. The highest BCUT2D eigenvalue weighted by molar-refractivity contribution is 7.81. The van der Waals surface area contributed by atoms with Crippen LogP contribution < -0.4 is 21.3 Å². The van der Waals surface area contributed by atoms with E-state index in [0.29, 0.717) is 6.92 Å². The first-order valence-corrected chi connectivity index (χ1v) is 38.7. The summed E-state index contributed by atoms with van der Waals surface area (Å²) < 4.78 is 178. The van der Waals surface area contributed by atoms with Crippen molar-refractivity contribution in [1.82, 2.24) is 21.3 Å². The van der Waals surface area contributed by atoms with Crippen LogP contribution in [0.25, 0.3) is 0 Å². The number of carboxylic acid groups (broad SMARTS) is 4. The fourth-order valence-electron chi connectivity index (χ4n) is 13.2. The quantitative estimate of drug-likeness (QED) is 0.0159. The third-order valence-corrected chi connectivity index (χ3v) is 20.0. The van der Waals surface area contributed by atoms with E-state index in [4.69, 9.17) is 94.9 Å². The Kier molecular flexibility index (Phi) is 34.4. The molecule has 0 radical (unpaired) electrons. The standard InChI is InChI=1S/C56H86N4O57S3/c1-9(63)57-17-34(22(68)15(99-49(17)87)7-97-118(88,89)90)103-54-30(76)26(72)39(42(108-54)46(81)82)113-116-52-20(60-12(4)66)37(33(14(6-62)101-52)117-120(94,95)96)106-56-32(78)28(74)40(44(110-56)48(85)86)111-114-50-18(58-10(2)64)35(21(67)13(5-61)100-50)104-55-31(77)27(73)38(43(109-55)47(83)84)112-115-51-19(59-11(3)65)36(23(69)16(102-51)8-98-119(91,92)93)105-53-29(75)24(70)25(71)41(107-53)45(79)80/h13-44,49-56,61-62,67-78,87H,5-8H2,1-4H3,(H,57,63)(H,58,64)(H,59,65)(H,60,66)(H,79,80)(H,81,82)(H,83,84)(H,85,86)(H,88,89,90)(H,91,92,93)(H,94,95,96)/t13-,14-,15-,16-,17-,18-,19-,20-,21+,22+,23+,24+,25+,26-,27-,28-,29-,30-,31-,32-,33+,34-,35-,36-,37-,38+,39+,40+,41+,42+,43+,44+,49+,50-,51-,52-,53-,54-,55-,56-/m1/s1. The maximum absolute atomic E-state index is 13.2. The van der Waals surface area contributed by atoms with Gasteiger partial charge in [0.25, 0.3) is 0 Å². The van der Waals surface area contributed by atoms with Gasteiger partial charge in [-0.15, -0.1) is 0 Å². The molecule has 0 aliphatic carbocycles. The van der Waals surface area contributed by atoms with Gasteiger partial charge in [-0.1, -0.05) is 0 Å². The number of carbonyl (C=O) groups excluding carboxylic acids is 4. The number of hydrogen-bond acceptors (Lipinski definition) is 50. The van der Waals surface area contributed by atoms with E-state index in [2.05, 4.69) is 29.6 Å². The van der Waals surface area contributed by atoms with E-state index < -0.39 is 351 Å². The average molecular weight is 1820 g/mol. The highest BCUT2D eigenvalue weighted by Gasteiger charge is 2.62. The molecule has 8 heterocycles. The molecule has 0 aromatic carbocycles. The minimum Gasteiger partial charge on any atom is -0.479 e. The van der Waals surface area contributed by atoms with Gasteiger partial charge >= 0.3 is 55.1 Å².